The first-order chi connectivity index (χ1) is 7.75. The Kier molecular flexibility index (Phi) is 4.36. The molecule has 88 valence electrons. The lowest BCUT2D eigenvalue weighted by Gasteiger charge is -2.26. The largest absolute Gasteiger partial charge is 0.295 e. The number of pyridine rings is 1. The van der Waals surface area contributed by atoms with Crippen LogP contribution in [0.3, 0.4) is 0 Å². The van der Waals surface area contributed by atoms with Gasteiger partial charge < -0.3 is 0 Å². The molecule has 16 heavy (non-hydrogen) atoms. The summed E-state index contributed by atoms with van der Waals surface area (Å²) in [4.78, 5) is 7.01. The average molecular weight is 283 g/mol. The summed E-state index contributed by atoms with van der Waals surface area (Å²) < 4.78 is 1.06. The molecule has 1 saturated heterocycles. The molecule has 1 aliphatic heterocycles. The predicted octanol–water partition coefficient (Wildman–Crippen LogP) is 3.61. The van der Waals surface area contributed by atoms with Crippen LogP contribution < -0.4 is 0 Å². The van der Waals surface area contributed by atoms with E-state index in [-0.39, 0.29) is 0 Å². The SMILES string of the molecule is CC1CCCCCN1Cc1ccc(Br)cn1. The zero-order valence-electron chi connectivity index (χ0n) is 9.82. The molecule has 0 spiro atoms. The molecule has 1 atom stereocenters. The summed E-state index contributed by atoms with van der Waals surface area (Å²) in [6, 6.07) is 4.89. The van der Waals surface area contributed by atoms with Crippen LogP contribution in [0.2, 0.25) is 0 Å². The van der Waals surface area contributed by atoms with Crippen LogP contribution >= 0.6 is 15.9 Å². The highest BCUT2D eigenvalue weighted by Gasteiger charge is 2.16. The van der Waals surface area contributed by atoms with Crippen LogP contribution in [0.1, 0.15) is 38.3 Å². The molecule has 0 bridgehead atoms. The molecule has 0 aromatic carbocycles. The molecule has 2 nitrogen and oxygen atoms in total. The van der Waals surface area contributed by atoms with Crippen LogP contribution in [0.4, 0.5) is 0 Å². The maximum absolute atomic E-state index is 4.45. The smallest absolute Gasteiger partial charge is 0.0544 e. The topological polar surface area (TPSA) is 16.1 Å². The number of nitrogens with zero attached hydrogens (tertiary/aromatic N) is 2. The van der Waals surface area contributed by atoms with Crippen molar-refractivity contribution in [3.05, 3.63) is 28.5 Å². The lowest BCUT2D eigenvalue weighted by molar-refractivity contribution is 0.202. The summed E-state index contributed by atoms with van der Waals surface area (Å²) in [5.41, 5.74) is 1.18. The summed E-state index contributed by atoms with van der Waals surface area (Å²) in [6.07, 6.45) is 7.31. The highest BCUT2D eigenvalue weighted by molar-refractivity contribution is 9.10. The highest BCUT2D eigenvalue weighted by atomic mass is 79.9. The maximum Gasteiger partial charge on any atom is 0.0544 e. The minimum Gasteiger partial charge on any atom is -0.295 e. The van der Waals surface area contributed by atoms with Crippen LogP contribution in [0.5, 0.6) is 0 Å². The van der Waals surface area contributed by atoms with Gasteiger partial charge in [0.15, 0.2) is 0 Å². The van der Waals surface area contributed by atoms with Gasteiger partial charge in [0.2, 0.25) is 0 Å². The molecule has 1 unspecified atom stereocenters. The number of hydrogen-bond acceptors (Lipinski definition) is 2. The summed E-state index contributed by atoms with van der Waals surface area (Å²) in [6.45, 7) is 4.55. The van der Waals surface area contributed by atoms with Crippen LogP contribution in [-0.4, -0.2) is 22.5 Å². The van der Waals surface area contributed by atoms with Gasteiger partial charge in [-0.2, -0.15) is 0 Å². The van der Waals surface area contributed by atoms with E-state index in [1.807, 2.05) is 6.20 Å². The molecule has 0 N–H and O–H groups in total. The van der Waals surface area contributed by atoms with Gasteiger partial charge in [0.25, 0.3) is 0 Å². The molecular weight excluding hydrogens is 264 g/mol. The molecule has 3 heteroatoms. The Hall–Kier alpha value is -0.410. The quantitative estimate of drug-likeness (QED) is 0.824. The second-order valence-corrected chi connectivity index (χ2v) is 5.55. The maximum atomic E-state index is 4.45. The van der Waals surface area contributed by atoms with Crippen molar-refractivity contribution in [1.29, 1.82) is 0 Å². The number of halogens is 1. The summed E-state index contributed by atoms with van der Waals surface area (Å²) in [5, 5.41) is 0. The zero-order valence-corrected chi connectivity index (χ0v) is 11.4. The zero-order chi connectivity index (χ0) is 11.4. The van der Waals surface area contributed by atoms with Gasteiger partial charge in [0.05, 0.1) is 5.69 Å². The minimum atomic E-state index is 0.702. The van der Waals surface area contributed by atoms with Gasteiger partial charge in [-0.15, -0.1) is 0 Å². The lowest BCUT2D eigenvalue weighted by atomic mass is 10.1. The first-order valence-electron chi connectivity index (χ1n) is 6.10. The van der Waals surface area contributed by atoms with Crippen molar-refractivity contribution in [2.45, 2.75) is 45.2 Å². The summed E-state index contributed by atoms with van der Waals surface area (Å²) in [7, 11) is 0. The Bertz CT molecular complexity index is 323. The average Bonchev–Trinajstić information content (AvgIpc) is 2.48. The molecule has 2 rings (SSSR count). The summed E-state index contributed by atoms with van der Waals surface area (Å²) in [5.74, 6) is 0. The third-order valence-electron chi connectivity index (χ3n) is 3.34. The molecule has 1 fully saturated rings. The van der Waals surface area contributed by atoms with E-state index in [1.165, 1.54) is 37.9 Å². The molecule has 1 aliphatic rings. The van der Waals surface area contributed by atoms with Crippen LogP contribution in [0.25, 0.3) is 0 Å². The fourth-order valence-electron chi connectivity index (χ4n) is 2.28. The van der Waals surface area contributed by atoms with E-state index < -0.39 is 0 Å². The lowest BCUT2D eigenvalue weighted by Crippen LogP contribution is -2.32. The Balaban J connectivity index is 1.99. The fraction of sp³-hybridized carbons (Fsp3) is 0.615. The van der Waals surface area contributed by atoms with Gasteiger partial charge >= 0.3 is 0 Å². The second-order valence-electron chi connectivity index (χ2n) is 4.64. The van der Waals surface area contributed by atoms with Crippen LogP contribution in [-0.2, 0) is 6.54 Å². The van der Waals surface area contributed by atoms with E-state index in [2.05, 4.69) is 44.9 Å². The first-order valence-corrected chi connectivity index (χ1v) is 6.89. The molecule has 1 aromatic heterocycles. The normalized spacial score (nSPS) is 23.0. The third kappa shape index (κ3) is 3.29. The van der Waals surface area contributed by atoms with E-state index in [1.54, 1.807) is 0 Å². The highest BCUT2D eigenvalue weighted by Crippen LogP contribution is 2.18. The van der Waals surface area contributed by atoms with Gasteiger partial charge in [0, 0.05) is 23.3 Å². The van der Waals surface area contributed by atoms with E-state index in [4.69, 9.17) is 0 Å². The van der Waals surface area contributed by atoms with Gasteiger partial charge in [-0.1, -0.05) is 12.8 Å². The predicted molar refractivity (Wildman–Crippen MR) is 70.3 cm³/mol. The Morgan fingerprint density at radius 1 is 1.38 bits per heavy atom. The van der Waals surface area contributed by atoms with Gasteiger partial charge in [-0.3, -0.25) is 9.88 Å². The van der Waals surface area contributed by atoms with Crippen molar-refractivity contribution in [2.24, 2.45) is 0 Å². The van der Waals surface area contributed by atoms with Crippen molar-refractivity contribution in [3.8, 4) is 0 Å². The Morgan fingerprint density at radius 2 is 2.25 bits per heavy atom. The van der Waals surface area contributed by atoms with E-state index >= 15 is 0 Å². The van der Waals surface area contributed by atoms with E-state index in [9.17, 15) is 0 Å². The molecular formula is C13H19BrN2. The standard InChI is InChI=1S/C13H19BrN2/c1-11-5-3-2-4-8-16(11)10-13-7-6-12(14)9-15-13/h6-7,9,11H,2-5,8,10H2,1H3. The summed E-state index contributed by atoms with van der Waals surface area (Å²) >= 11 is 3.42. The minimum absolute atomic E-state index is 0.702. The molecule has 0 saturated carbocycles. The Morgan fingerprint density at radius 3 is 3.00 bits per heavy atom. The second kappa shape index (κ2) is 5.78. The van der Waals surface area contributed by atoms with Crippen molar-refractivity contribution in [1.82, 2.24) is 9.88 Å². The number of aromatic nitrogens is 1. The fourth-order valence-corrected chi connectivity index (χ4v) is 2.51. The van der Waals surface area contributed by atoms with Crippen molar-refractivity contribution in [3.63, 3.8) is 0 Å². The van der Waals surface area contributed by atoms with Gasteiger partial charge in [-0.25, -0.2) is 0 Å². The van der Waals surface area contributed by atoms with E-state index in [0.717, 1.165) is 11.0 Å². The van der Waals surface area contributed by atoms with Crippen LogP contribution in [0, 0.1) is 0 Å². The molecule has 1 aromatic rings. The first kappa shape index (κ1) is 12.1. The molecule has 0 radical (unpaired) electrons. The molecule has 0 amide bonds. The van der Waals surface area contributed by atoms with Crippen molar-refractivity contribution >= 4 is 15.9 Å². The monoisotopic (exact) mass is 282 g/mol. The van der Waals surface area contributed by atoms with Crippen molar-refractivity contribution < 1.29 is 0 Å². The molecule has 0 aliphatic carbocycles. The van der Waals surface area contributed by atoms with Crippen molar-refractivity contribution in [2.75, 3.05) is 6.54 Å². The van der Waals surface area contributed by atoms with E-state index in [0.29, 0.717) is 6.04 Å². The Labute approximate surface area is 106 Å². The number of likely N-dealkylation sites (tertiary alicyclic amines) is 1. The van der Waals surface area contributed by atoms with Gasteiger partial charge in [-0.05, 0) is 54.4 Å². The number of rotatable bonds is 2. The number of hydrogen-bond donors (Lipinski definition) is 0. The third-order valence-corrected chi connectivity index (χ3v) is 3.81. The van der Waals surface area contributed by atoms with Crippen LogP contribution in [0.15, 0.2) is 22.8 Å². The van der Waals surface area contributed by atoms with Gasteiger partial charge in [0.1, 0.15) is 0 Å². The molecule has 2 heterocycles.